The Labute approximate surface area is 147 Å². The van der Waals surface area contributed by atoms with Crippen molar-refractivity contribution in [3.05, 3.63) is 30.1 Å². The molecule has 2 aromatic heterocycles. The standard InChI is InChI=1S/C18H25N5O2/c1-3-25-15-12-14(24)18(15)7-10-22(11-8-18)16-4-5-17(20-19-16)23-9-6-13(2)21-23/h4-6,9,14-15,24H,3,7-8,10-12H2,1-2H3/t14-,15-/m0/s1. The van der Waals surface area contributed by atoms with Gasteiger partial charge in [0.05, 0.1) is 17.9 Å². The van der Waals surface area contributed by atoms with E-state index in [0.29, 0.717) is 6.61 Å². The van der Waals surface area contributed by atoms with E-state index in [1.54, 1.807) is 4.68 Å². The third-order valence-electron chi connectivity index (χ3n) is 5.72. The van der Waals surface area contributed by atoms with E-state index in [0.717, 1.165) is 49.7 Å². The highest BCUT2D eigenvalue weighted by Gasteiger charge is 2.56. The molecule has 7 heteroatoms. The van der Waals surface area contributed by atoms with Gasteiger partial charge in [-0.3, -0.25) is 0 Å². The molecule has 1 aliphatic carbocycles. The van der Waals surface area contributed by atoms with Gasteiger partial charge in [-0.25, -0.2) is 4.68 Å². The molecule has 2 atom stereocenters. The average molecular weight is 343 g/mol. The lowest BCUT2D eigenvalue weighted by molar-refractivity contribution is -0.199. The summed E-state index contributed by atoms with van der Waals surface area (Å²) >= 11 is 0. The zero-order valence-electron chi connectivity index (χ0n) is 14.8. The second-order valence-corrected chi connectivity index (χ2v) is 7.07. The molecule has 0 amide bonds. The molecule has 2 aliphatic rings. The maximum absolute atomic E-state index is 10.3. The van der Waals surface area contributed by atoms with Gasteiger partial charge in [-0.05, 0) is 44.9 Å². The third-order valence-corrected chi connectivity index (χ3v) is 5.72. The van der Waals surface area contributed by atoms with Crippen molar-refractivity contribution in [2.45, 2.75) is 45.3 Å². The van der Waals surface area contributed by atoms with Gasteiger partial charge in [0.2, 0.25) is 0 Å². The largest absolute Gasteiger partial charge is 0.392 e. The quantitative estimate of drug-likeness (QED) is 0.911. The minimum absolute atomic E-state index is 0.0630. The molecule has 0 unspecified atom stereocenters. The average Bonchev–Trinajstić information content (AvgIpc) is 3.08. The highest BCUT2D eigenvalue weighted by atomic mass is 16.5. The Morgan fingerprint density at radius 3 is 2.48 bits per heavy atom. The first kappa shape index (κ1) is 16.5. The van der Waals surface area contributed by atoms with Crippen molar-refractivity contribution in [1.82, 2.24) is 20.0 Å². The Bertz CT molecular complexity index is 719. The molecule has 1 spiro atoms. The number of aromatic nitrogens is 4. The fraction of sp³-hybridized carbons (Fsp3) is 0.611. The van der Waals surface area contributed by atoms with Crippen LogP contribution >= 0.6 is 0 Å². The molecule has 0 radical (unpaired) electrons. The summed E-state index contributed by atoms with van der Waals surface area (Å²) in [4.78, 5) is 2.24. The summed E-state index contributed by atoms with van der Waals surface area (Å²) in [6.45, 7) is 6.42. The number of nitrogens with zero attached hydrogens (tertiary/aromatic N) is 5. The van der Waals surface area contributed by atoms with Crippen molar-refractivity contribution < 1.29 is 9.84 Å². The van der Waals surface area contributed by atoms with Crippen LogP contribution in [0.25, 0.3) is 5.82 Å². The topological polar surface area (TPSA) is 76.3 Å². The predicted molar refractivity (Wildman–Crippen MR) is 93.8 cm³/mol. The number of aryl methyl sites for hydroxylation is 1. The second kappa shape index (κ2) is 6.38. The molecule has 1 saturated heterocycles. The van der Waals surface area contributed by atoms with E-state index < -0.39 is 0 Å². The van der Waals surface area contributed by atoms with Gasteiger partial charge >= 0.3 is 0 Å². The number of hydrogen-bond donors (Lipinski definition) is 1. The molecule has 4 rings (SSSR count). The molecule has 25 heavy (non-hydrogen) atoms. The Balaban J connectivity index is 1.42. The monoisotopic (exact) mass is 343 g/mol. The van der Waals surface area contributed by atoms with Crippen LogP contribution in [-0.2, 0) is 4.74 Å². The van der Waals surface area contributed by atoms with Crippen LogP contribution in [0.3, 0.4) is 0 Å². The smallest absolute Gasteiger partial charge is 0.175 e. The molecule has 1 N–H and O–H groups in total. The van der Waals surface area contributed by atoms with Gasteiger partial charge in [-0.2, -0.15) is 5.10 Å². The van der Waals surface area contributed by atoms with Crippen molar-refractivity contribution in [3.63, 3.8) is 0 Å². The minimum Gasteiger partial charge on any atom is -0.392 e. The Kier molecular flexibility index (Phi) is 4.21. The molecule has 0 bridgehead atoms. The van der Waals surface area contributed by atoms with Crippen molar-refractivity contribution in [2.24, 2.45) is 5.41 Å². The number of anilines is 1. The zero-order chi connectivity index (χ0) is 17.4. The van der Waals surface area contributed by atoms with Crippen LogP contribution < -0.4 is 4.90 Å². The summed E-state index contributed by atoms with van der Waals surface area (Å²) in [7, 11) is 0. The summed E-state index contributed by atoms with van der Waals surface area (Å²) in [5.41, 5.74) is 0.891. The van der Waals surface area contributed by atoms with Crippen LogP contribution in [0.5, 0.6) is 0 Å². The van der Waals surface area contributed by atoms with E-state index in [-0.39, 0.29) is 17.6 Å². The maximum Gasteiger partial charge on any atom is 0.175 e. The van der Waals surface area contributed by atoms with Crippen LogP contribution in [0, 0.1) is 12.3 Å². The van der Waals surface area contributed by atoms with E-state index in [1.165, 1.54) is 0 Å². The Morgan fingerprint density at radius 2 is 1.92 bits per heavy atom. The summed E-state index contributed by atoms with van der Waals surface area (Å²) in [6.07, 6.45) is 4.48. The van der Waals surface area contributed by atoms with Crippen molar-refractivity contribution in [1.29, 1.82) is 0 Å². The summed E-state index contributed by atoms with van der Waals surface area (Å²) in [6, 6.07) is 5.88. The van der Waals surface area contributed by atoms with Gasteiger partial charge in [-0.1, -0.05) is 0 Å². The molecule has 134 valence electrons. The lowest BCUT2D eigenvalue weighted by Gasteiger charge is -2.56. The summed E-state index contributed by atoms with van der Waals surface area (Å²) in [5.74, 6) is 1.60. The molecule has 1 aliphatic heterocycles. The molecule has 3 heterocycles. The van der Waals surface area contributed by atoms with Crippen LogP contribution in [0.2, 0.25) is 0 Å². The minimum atomic E-state index is -0.234. The van der Waals surface area contributed by atoms with Crippen LogP contribution in [-0.4, -0.2) is 57.0 Å². The number of piperidine rings is 1. The number of ether oxygens (including phenoxy) is 1. The Morgan fingerprint density at radius 1 is 1.20 bits per heavy atom. The maximum atomic E-state index is 10.3. The molecular weight excluding hydrogens is 318 g/mol. The van der Waals surface area contributed by atoms with Gasteiger partial charge in [0.25, 0.3) is 0 Å². The van der Waals surface area contributed by atoms with Crippen molar-refractivity contribution >= 4 is 5.82 Å². The Hall–Kier alpha value is -1.99. The molecule has 2 fully saturated rings. The van der Waals surface area contributed by atoms with Crippen LogP contribution in [0.15, 0.2) is 24.4 Å². The highest BCUT2D eigenvalue weighted by molar-refractivity contribution is 5.40. The van der Waals surface area contributed by atoms with Gasteiger partial charge < -0.3 is 14.7 Å². The van der Waals surface area contributed by atoms with E-state index in [4.69, 9.17) is 4.74 Å². The number of hydrogen-bond acceptors (Lipinski definition) is 6. The first-order chi connectivity index (χ1) is 12.1. The van der Waals surface area contributed by atoms with Crippen molar-refractivity contribution in [2.75, 3.05) is 24.6 Å². The molecule has 7 nitrogen and oxygen atoms in total. The van der Waals surface area contributed by atoms with Gasteiger partial charge in [0, 0.05) is 37.7 Å². The highest BCUT2D eigenvalue weighted by Crippen LogP contribution is 2.51. The fourth-order valence-electron chi connectivity index (χ4n) is 4.12. The SMILES string of the molecule is CCO[C@H]1C[C@H](O)C12CCN(c1ccc(-n3ccc(C)n3)nn1)CC2. The van der Waals surface area contributed by atoms with E-state index in [1.807, 2.05) is 38.2 Å². The lowest BCUT2D eigenvalue weighted by atomic mass is 9.58. The molecule has 0 aromatic carbocycles. The van der Waals surface area contributed by atoms with E-state index in [2.05, 4.69) is 20.2 Å². The van der Waals surface area contributed by atoms with E-state index >= 15 is 0 Å². The van der Waals surface area contributed by atoms with Crippen molar-refractivity contribution in [3.8, 4) is 5.82 Å². The van der Waals surface area contributed by atoms with Gasteiger partial charge in [0.15, 0.2) is 11.6 Å². The van der Waals surface area contributed by atoms with Crippen LogP contribution in [0.1, 0.15) is 31.9 Å². The van der Waals surface area contributed by atoms with Crippen LogP contribution in [0.4, 0.5) is 5.82 Å². The second-order valence-electron chi connectivity index (χ2n) is 7.07. The fourth-order valence-corrected chi connectivity index (χ4v) is 4.12. The third kappa shape index (κ3) is 2.81. The number of rotatable bonds is 4. The summed E-state index contributed by atoms with van der Waals surface area (Å²) < 4.78 is 7.56. The lowest BCUT2D eigenvalue weighted by Crippen LogP contribution is -2.62. The summed E-state index contributed by atoms with van der Waals surface area (Å²) in [5, 5.41) is 23.3. The number of aliphatic hydroxyl groups is 1. The van der Waals surface area contributed by atoms with Gasteiger partial charge in [0.1, 0.15) is 0 Å². The zero-order valence-corrected chi connectivity index (χ0v) is 14.8. The number of aliphatic hydroxyl groups excluding tert-OH is 1. The van der Waals surface area contributed by atoms with E-state index in [9.17, 15) is 5.11 Å². The first-order valence-corrected chi connectivity index (χ1v) is 9.03. The predicted octanol–water partition coefficient (Wildman–Crippen LogP) is 1.73. The first-order valence-electron chi connectivity index (χ1n) is 9.03. The molecular formula is C18H25N5O2. The molecule has 1 saturated carbocycles. The van der Waals surface area contributed by atoms with Gasteiger partial charge in [-0.15, -0.1) is 10.2 Å². The molecule has 2 aromatic rings. The normalized spacial score (nSPS) is 25.2.